The number of esters is 1. The third kappa shape index (κ3) is 6.00. The zero-order chi connectivity index (χ0) is 29.6. The number of halogens is 4. The van der Waals surface area contributed by atoms with E-state index in [0.29, 0.717) is 25.0 Å². The smallest absolute Gasteiger partial charge is 0.323 e. The molecule has 2 aromatic carbocycles. The molecule has 1 unspecified atom stereocenters. The van der Waals surface area contributed by atoms with Crippen molar-refractivity contribution in [2.45, 2.75) is 61.3 Å². The molecule has 4 N–H and O–H groups in total. The van der Waals surface area contributed by atoms with Crippen LogP contribution in [0.15, 0.2) is 35.2 Å². The summed E-state index contributed by atoms with van der Waals surface area (Å²) in [5.41, 5.74) is 3.89. The van der Waals surface area contributed by atoms with Gasteiger partial charge in [-0.2, -0.15) is 0 Å². The second-order valence-electron chi connectivity index (χ2n) is 11.0. The van der Waals surface area contributed by atoms with Crippen molar-refractivity contribution < 1.29 is 41.0 Å². The maximum Gasteiger partial charge on any atom is 0.323 e. The maximum atomic E-state index is 13.8. The molecular formula is C27H30ClF3N2O6S. The van der Waals surface area contributed by atoms with E-state index in [9.17, 15) is 36.3 Å². The van der Waals surface area contributed by atoms with Crippen LogP contribution in [-0.4, -0.2) is 48.9 Å². The molecule has 0 aliphatic heterocycles. The lowest BCUT2D eigenvalue weighted by Gasteiger charge is -2.40. The van der Waals surface area contributed by atoms with Gasteiger partial charge in [-0.15, -0.1) is 0 Å². The van der Waals surface area contributed by atoms with E-state index < -0.39 is 67.9 Å². The molecule has 13 heteroatoms. The molecule has 0 radical (unpaired) electrons. The standard InChI is InChI=1S/C27H30ClF3N2O6S/c1-13(2)23(32)26(35)39-12-27(36)10-15-3-4-16(11-27)24(15)40(37,38)21-7-14(5-6-18(21)28)25(34)33-17-8-19(29)22(31)20(30)9-17/h5-9,13,15-16,23-24,36H,3-4,10-12,32H2,1-2H3,(H,33,34)/t15-,16?,23-,24+,27+/m0/s1. The second-order valence-corrected chi connectivity index (χ2v) is 13.5. The lowest BCUT2D eigenvalue weighted by molar-refractivity contribution is -0.157. The number of nitrogens with one attached hydrogen (secondary N) is 1. The van der Waals surface area contributed by atoms with Crippen LogP contribution in [0.2, 0.25) is 5.02 Å². The maximum absolute atomic E-state index is 13.8. The van der Waals surface area contributed by atoms with Gasteiger partial charge in [0.05, 0.1) is 20.8 Å². The molecule has 5 atom stereocenters. The molecule has 0 aromatic heterocycles. The average Bonchev–Trinajstić information content (AvgIpc) is 3.18. The van der Waals surface area contributed by atoms with Gasteiger partial charge in [0.15, 0.2) is 27.3 Å². The summed E-state index contributed by atoms with van der Waals surface area (Å²) in [6.07, 6.45) is 1.21. The van der Waals surface area contributed by atoms with Crippen LogP contribution in [0, 0.1) is 35.2 Å². The minimum Gasteiger partial charge on any atom is -0.461 e. The minimum atomic E-state index is -4.10. The van der Waals surface area contributed by atoms with Gasteiger partial charge in [-0.25, -0.2) is 21.6 Å². The van der Waals surface area contributed by atoms with Gasteiger partial charge < -0.3 is 20.9 Å². The predicted octanol–water partition coefficient (Wildman–Crippen LogP) is 4.23. The van der Waals surface area contributed by atoms with Crippen molar-refractivity contribution >= 4 is 39.0 Å². The summed E-state index contributed by atoms with van der Waals surface area (Å²) >= 11 is 6.26. The monoisotopic (exact) mass is 602 g/mol. The molecule has 0 heterocycles. The summed E-state index contributed by atoms with van der Waals surface area (Å²) < 4.78 is 73.3. The Labute approximate surface area is 234 Å². The van der Waals surface area contributed by atoms with Crippen molar-refractivity contribution in [2.75, 3.05) is 11.9 Å². The first-order valence-corrected chi connectivity index (χ1v) is 14.7. The molecule has 1 amide bonds. The number of fused-ring (bicyclic) bond motifs is 2. The predicted molar refractivity (Wildman–Crippen MR) is 141 cm³/mol. The number of anilines is 1. The fourth-order valence-corrected chi connectivity index (χ4v) is 8.52. The summed E-state index contributed by atoms with van der Waals surface area (Å²) in [6, 6.07) is 3.91. The van der Waals surface area contributed by atoms with Gasteiger partial charge in [0.25, 0.3) is 5.91 Å². The summed E-state index contributed by atoms with van der Waals surface area (Å²) in [6.45, 7) is 3.24. The number of nitrogens with two attached hydrogens (primary N) is 1. The van der Waals surface area contributed by atoms with Crippen LogP contribution in [0.5, 0.6) is 0 Å². The van der Waals surface area contributed by atoms with Crippen LogP contribution in [-0.2, 0) is 19.4 Å². The summed E-state index contributed by atoms with van der Waals surface area (Å²) in [4.78, 5) is 24.7. The molecule has 2 saturated carbocycles. The van der Waals surface area contributed by atoms with E-state index in [4.69, 9.17) is 22.1 Å². The Balaban J connectivity index is 1.53. The van der Waals surface area contributed by atoms with Gasteiger partial charge in [0.1, 0.15) is 12.6 Å². The van der Waals surface area contributed by atoms with Crippen molar-refractivity contribution in [3.8, 4) is 0 Å². The Morgan fingerprint density at radius 3 is 2.25 bits per heavy atom. The van der Waals surface area contributed by atoms with Gasteiger partial charge >= 0.3 is 5.97 Å². The van der Waals surface area contributed by atoms with Crippen LogP contribution in [0.25, 0.3) is 0 Å². The van der Waals surface area contributed by atoms with E-state index in [1.807, 2.05) is 0 Å². The van der Waals surface area contributed by atoms with Crippen molar-refractivity contribution in [3.05, 3.63) is 58.4 Å². The number of rotatable bonds is 8. The Bertz CT molecular complexity index is 1400. The quantitative estimate of drug-likeness (QED) is 0.304. The van der Waals surface area contributed by atoms with Crippen LogP contribution < -0.4 is 11.1 Å². The number of carbonyl (C=O) groups excluding carboxylic acids is 2. The summed E-state index contributed by atoms with van der Waals surface area (Å²) in [7, 11) is -4.10. The number of carbonyl (C=O) groups is 2. The highest BCUT2D eigenvalue weighted by Crippen LogP contribution is 2.51. The van der Waals surface area contributed by atoms with Crippen molar-refractivity contribution in [1.82, 2.24) is 0 Å². The highest BCUT2D eigenvalue weighted by Gasteiger charge is 2.54. The Morgan fingerprint density at radius 1 is 1.12 bits per heavy atom. The number of sulfone groups is 1. The van der Waals surface area contributed by atoms with E-state index in [0.717, 1.165) is 6.07 Å². The fourth-order valence-electron chi connectivity index (χ4n) is 5.68. The van der Waals surface area contributed by atoms with E-state index in [2.05, 4.69) is 5.32 Å². The highest BCUT2D eigenvalue weighted by atomic mass is 35.5. The molecule has 4 rings (SSSR count). The number of hydrogen-bond donors (Lipinski definition) is 3. The van der Waals surface area contributed by atoms with Gasteiger partial charge in [-0.05, 0) is 61.6 Å². The van der Waals surface area contributed by atoms with Crippen LogP contribution >= 0.6 is 11.6 Å². The van der Waals surface area contributed by atoms with Gasteiger partial charge in [0.2, 0.25) is 0 Å². The van der Waals surface area contributed by atoms with Crippen molar-refractivity contribution in [3.63, 3.8) is 0 Å². The molecule has 2 fully saturated rings. The lowest BCUT2D eigenvalue weighted by atomic mass is 9.77. The summed E-state index contributed by atoms with van der Waals surface area (Å²) in [5.74, 6) is -7.28. The van der Waals surface area contributed by atoms with Gasteiger partial charge in [0, 0.05) is 23.4 Å². The number of benzene rings is 2. The van der Waals surface area contributed by atoms with E-state index in [-0.39, 0.29) is 46.5 Å². The Kier molecular flexibility index (Phi) is 8.56. The number of amides is 1. The minimum absolute atomic E-state index is 0.0804. The lowest BCUT2D eigenvalue weighted by Crippen LogP contribution is -2.49. The van der Waals surface area contributed by atoms with Crippen LogP contribution in [0.3, 0.4) is 0 Å². The molecule has 218 valence electrons. The van der Waals surface area contributed by atoms with Gasteiger partial charge in [-0.1, -0.05) is 25.4 Å². The average molecular weight is 603 g/mol. The molecule has 0 saturated heterocycles. The van der Waals surface area contributed by atoms with E-state index >= 15 is 0 Å². The molecule has 40 heavy (non-hydrogen) atoms. The fraction of sp³-hybridized carbons (Fsp3) is 0.481. The highest BCUT2D eigenvalue weighted by molar-refractivity contribution is 7.92. The Hall–Kier alpha value is -2.67. The first kappa shape index (κ1) is 30.3. The second kappa shape index (κ2) is 11.3. The topological polar surface area (TPSA) is 136 Å². The van der Waals surface area contributed by atoms with E-state index in [1.54, 1.807) is 13.8 Å². The zero-order valence-electron chi connectivity index (χ0n) is 21.8. The summed E-state index contributed by atoms with van der Waals surface area (Å²) in [5, 5.41) is 12.4. The number of ether oxygens (including phenoxy) is 1. The SMILES string of the molecule is CC(C)[C@H](N)C(=O)OC[C@]1(O)CC2CC[C@@H](C1)[C@H]2S(=O)(=O)c1cc(C(=O)Nc2cc(F)c(F)c(F)c2)ccc1Cl. The normalized spacial score (nSPS) is 25.1. The van der Waals surface area contributed by atoms with Crippen LogP contribution in [0.4, 0.5) is 18.9 Å². The number of aliphatic hydroxyl groups is 1. The third-order valence-corrected chi connectivity index (χ3v) is 10.6. The molecule has 8 nitrogen and oxygen atoms in total. The molecule has 0 spiro atoms. The molecular weight excluding hydrogens is 573 g/mol. The first-order chi connectivity index (χ1) is 18.6. The largest absolute Gasteiger partial charge is 0.461 e. The Morgan fingerprint density at radius 2 is 1.70 bits per heavy atom. The molecule has 2 bridgehead atoms. The number of hydrogen-bond acceptors (Lipinski definition) is 7. The third-order valence-electron chi connectivity index (χ3n) is 7.70. The zero-order valence-corrected chi connectivity index (χ0v) is 23.4. The van der Waals surface area contributed by atoms with Crippen molar-refractivity contribution in [1.29, 1.82) is 0 Å². The van der Waals surface area contributed by atoms with Crippen LogP contribution in [0.1, 0.15) is 49.9 Å². The first-order valence-electron chi connectivity index (χ1n) is 12.8. The molecule has 2 aromatic rings. The molecule has 2 aliphatic carbocycles. The molecule has 2 aliphatic rings. The van der Waals surface area contributed by atoms with Crippen molar-refractivity contribution in [2.24, 2.45) is 23.5 Å². The van der Waals surface area contributed by atoms with E-state index in [1.165, 1.54) is 12.1 Å². The van der Waals surface area contributed by atoms with Gasteiger partial charge in [-0.3, -0.25) is 9.59 Å².